The Morgan fingerprint density at radius 1 is 1.19 bits per heavy atom. The SMILES string of the molecule is FC(F)(F)c1ncnc(N2CCc3c([nH]c4ccc(Cl)cc34)[C@@H]2CC2COCOC2)n1. The molecule has 2 aliphatic rings. The second-order valence-corrected chi connectivity index (χ2v) is 8.17. The second-order valence-electron chi connectivity index (χ2n) is 7.73. The van der Waals surface area contributed by atoms with Gasteiger partial charge in [-0.05, 0) is 36.6 Å². The van der Waals surface area contributed by atoms with Crippen LogP contribution < -0.4 is 4.90 Å². The number of ether oxygens (including phenoxy) is 2. The second kappa shape index (κ2) is 7.92. The minimum Gasteiger partial charge on any atom is -0.356 e. The molecular weight excluding hydrogens is 435 g/mol. The van der Waals surface area contributed by atoms with Crippen LogP contribution in [0.3, 0.4) is 0 Å². The number of halogens is 4. The summed E-state index contributed by atoms with van der Waals surface area (Å²) in [5.74, 6) is -1.10. The normalized spacial score (nSPS) is 20.3. The molecule has 2 aromatic heterocycles. The highest BCUT2D eigenvalue weighted by molar-refractivity contribution is 6.31. The zero-order valence-corrected chi connectivity index (χ0v) is 17.1. The molecular formula is C20H19ClF3N5O2. The highest BCUT2D eigenvalue weighted by atomic mass is 35.5. The average Bonchev–Trinajstić information content (AvgIpc) is 3.12. The molecule has 1 atom stereocenters. The van der Waals surface area contributed by atoms with E-state index in [-0.39, 0.29) is 24.7 Å². The number of nitrogens with zero attached hydrogens (tertiary/aromatic N) is 4. The number of alkyl halides is 3. The van der Waals surface area contributed by atoms with Crippen LogP contribution in [0.4, 0.5) is 19.1 Å². The van der Waals surface area contributed by atoms with Crippen molar-refractivity contribution in [3.8, 4) is 0 Å². The molecule has 1 fully saturated rings. The summed E-state index contributed by atoms with van der Waals surface area (Å²) in [5.41, 5.74) is 2.98. The molecule has 31 heavy (non-hydrogen) atoms. The lowest BCUT2D eigenvalue weighted by Gasteiger charge is -2.38. The molecule has 5 rings (SSSR count). The lowest BCUT2D eigenvalue weighted by atomic mass is 9.91. The van der Waals surface area contributed by atoms with E-state index in [0.717, 1.165) is 28.5 Å². The van der Waals surface area contributed by atoms with E-state index in [0.29, 0.717) is 37.6 Å². The van der Waals surface area contributed by atoms with Gasteiger partial charge >= 0.3 is 6.18 Å². The number of benzene rings is 1. The first-order chi connectivity index (χ1) is 14.9. The van der Waals surface area contributed by atoms with Gasteiger partial charge in [0.2, 0.25) is 11.8 Å². The highest BCUT2D eigenvalue weighted by Gasteiger charge is 2.38. The van der Waals surface area contributed by atoms with Crippen LogP contribution in [0.25, 0.3) is 10.9 Å². The third-order valence-corrected chi connectivity index (χ3v) is 5.95. The fraction of sp³-hybridized carbons (Fsp3) is 0.450. The van der Waals surface area contributed by atoms with Crippen LogP contribution in [-0.4, -0.2) is 46.5 Å². The maximum atomic E-state index is 13.2. The Hall–Kier alpha value is -2.43. The van der Waals surface area contributed by atoms with E-state index < -0.39 is 12.0 Å². The Kier molecular flexibility index (Phi) is 5.23. The predicted molar refractivity (Wildman–Crippen MR) is 107 cm³/mol. The average molecular weight is 454 g/mol. The summed E-state index contributed by atoms with van der Waals surface area (Å²) < 4.78 is 50.5. The van der Waals surface area contributed by atoms with Crippen molar-refractivity contribution >= 4 is 28.5 Å². The van der Waals surface area contributed by atoms with Gasteiger partial charge in [-0.2, -0.15) is 18.2 Å². The van der Waals surface area contributed by atoms with Gasteiger partial charge < -0.3 is 19.4 Å². The van der Waals surface area contributed by atoms with Crippen molar-refractivity contribution in [1.82, 2.24) is 19.9 Å². The van der Waals surface area contributed by atoms with Gasteiger partial charge in [0.25, 0.3) is 0 Å². The van der Waals surface area contributed by atoms with E-state index >= 15 is 0 Å². The van der Waals surface area contributed by atoms with Crippen LogP contribution in [0.5, 0.6) is 0 Å². The Labute approximate surface area is 180 Å². The molecule has 0 saturated carbocycles. The van der Waals surface area contributed by atoms with Gasteiger partial charge in [-0.25, -0.2) is 9.97 Å². The van der Waals surface area contributed by atoms with Crippen LogP contribution in [0.1, 0.15) is 29.5 Å². The van der Waals surface area contributed by atoms with E-state index in [1.807, 2.05) is 23.1 Å². The van der Waals surface area contributed by atoms with Crippen LogP contribution in [0, 0.1) is 5.92 Å². The Morgan fingerprint density at radius 3 is 2.77 bits per heavy atom. The van der Waals surface area contributed by atoms with Crippen LogP contribution >= 0.6 is 11.6 Å². The van der Waals surface area contributed by atoms with Crippen molar-refractivity contribution in [3.05, 3.63) is 46.6 Å². The first-order valence-electron chi connectivity index (χ1n) is 9.88. The third-order valence-electron chi connectivity index (χ3n) is 5.71. The van der Waals surface area contributed by atoms with Crippen molar-refractivity contribution in [1.29, 1.82) is 0 Å². The topological polar surface area (TPSA) is 76.2 Å². The first-order valence-corrected chi connectivity index (χ1v) is 10.3. The maximum Gasteiger partial charge on any atom is 0.451 e. The van der Waals surface area contributed by atoms with Crippen LogP contribution in [0.2, 0.25) is 5.02 Å². The van der Waals surface area contributed by atoms with E-state index in [4.69, 9.17) is 21.1 Å². The van der Waals surface area contributed by atoms with E-state index in [1.54, 1.807) is 0 Å². The summed E-state index contributed by atoms with van der Waals surface area (Å²) in [7, 11) is 0. The number of anilines is 1. The fourth-order valence-corrected chi connectivity index (χ4v) is 4.55. The zero-order chi connectivity index (χ0) is 21.6. The van der Waals surface area contributed by atoms with Gasteiger partial charge in [-0.1, -0.05) is 11.6 Å². The molecule has 7 nitrogen and oxygen atoms in total. The van der Waals surface area contributed by atoms with Crippen molar-refractivity contribution in [2.45, 2.75) is 25.1 Å². The van der Waals surface area contributed by atoms with Crippen LogP contribution in [0.15, 0.2) is 24.5 Å². The number of aromatic nitrogens is 4. The summed E-state index contributed by atoms with van der Waals surface area (Å²) in [5, 5.41) is 1.66. The van der Waals surface area contributed by atoms with E-state index in [2.05, 4.69) is 19.9 Å². The Balaban J connectivity index is 1.57. The van der Waals surface area contributed by atoms with Crippen LogP contribution in [-0.2, 0) is 22.1 Å². The van der Waals surface area contributed by atoms with E-state index in [1.165, 1.54) is 0 Å². The Morgan fingerprint density at radius 2 is 2.00 bits per heavy atom. The number of H-pyrrole nitrogens is 1. The lowest BCUT2D eigenvalue weighted by molar-refractivity contribution is -0.145. The molecule has 2 aliphatic heterocycles. The molecule has 3 aromatic rings. The van der Waals surface area contributed by atoms with Gasteiger partial charge in [0, 0.05) is 34.1 Å². The molecule has 11 heteroatoms. The third kappa shape index (κ3) is 3.95. The smallest absolute Gasteiger partial charge is 0.356 e. The number of nitrogens with one attached hydrogen (secondary N) is 1. The minimum absolute atomic E-state index is 0.00677. The number of hydrogen-bond acceptors (Lipinski definition) is 6. The van der Waals surface area contributed by atoms with Crippen molar-refractivity contribution in [3.63, 3.8) is 0 Å². The number of aromatic amines is 1. The molecule has 1 N–H and O–H groups in total. The molecule has 0 bridgehead atoms. The minimum atomic E-state index is -4.64. The molecule has 0 unspecified atom stereocenters. The van der Waals surface area contributed by atoms with Crippen molar-refractivity contribution in [2.75, 3.05) is 31.5 Å². The Bertz CT molecular complexity index is 1100. The molecule has 0 aliphatic carbocycles. The molecule has 1 saturated heterocycles. The van der Waals surface area contributed by atoms with Gasteiger partial charge in [0.05, 0.1) is 19.3 Å². The summed E-state index contributed by atoms with van der Waals surface area (Å²) in [4.78, 5) is 16.4. The van der Waals surface area contributed by atoms with Crippen molar-refractivity contribution in [2.24, 2.45) is 5.92 Å². The van der Waals surface area contributed by atoms with E-state index in [9.17, 15) is 13.2 Å². The quantitative estimate of drug-likeness (QED) is 0.642. The number of fused-ring (bicyclic) bond motifs is 3. The molecule has 0 radical (unpaired) electrons. The zero-order valence-electron chi connectivity index (χ0n) is 16.3. The highest BCUT2D eigenvalue weighted by Crippen LogP contribution is 2.40. The summed E-state index contributed by atoms with van der Waals surface area (Å²) >= 11 is 6.20. The summed E-state index contributed by atoms with van der Waals surface area (Å²) in [6.45, 7) is 1.77. The molecule has 4 heterocycles. The number of hydrogen-bond donors (Lipinski definition) is 1. The molecule has 0 spiro atoms. The summed E-state index contributed by atoms with van der Waals surface area (Å²) in [6, 6.07) is 5.36. The first kappa shape index (κ1) is 20.5. The lowest BCUT2D eigenvalue weighted by Crippen LogP contribution is -2.39. The molecule has 1 aromatic carbocycles. The predicted octanol–water partition coefficient (Wildman–Crippen LogP) is 4.14. The maximum absolute atomic E-state index is 13.2. The van der Waals surface area contributed by atoms with Gasteiger partial charge in [-0.3, -0.25) is 0 Å². The van der Waals surface area contributed by atoms with Gasteiger partial charge in [0.1, 0.15) is 13.1 Å². The van der Waals surface area contributed by atoms with Crippen molar-refractivity contribution < 1.29 is 22.6 Å². The largest absolute Gasteiger partial charge is 0.451 e. The molecule has 164 valence electrons. The number of rotatable bonds is 3. The van der Waals surface area contributed by atoms with Gasteiger partial charge in [-0.15, -0.1) is 0 Å². The summed E-state index contributed by atoms with van der Waals surface area (Å²) in [6.07, 6.45) is -2.50. The molecule has 0 amide bonds. The van der Waals surface area contributed by atoms with Gasteiger partial charge in [0.15, 0.2) is 0 Å². The fourth-order valence-electron chi connectivity index (χ4n) is 4.37. The monoisotopic (exact) mass is 453 g/mol. The standard InChI is InChI=1S/C20H19ClF3N5O2/c21-12-1-2-15-14(6-12)13-3-4-29(19-26-9-25-18(28-19)20(22,23)24)16(17(13)27-15)5-11-7-30-10-31-8-11/h1-2,6,9,11,16,27H,3-5,7-8,10H2/t16-/m0/s1.